The molecule has 3 rings (SSSR count). The minimum atomic E-state index is -0.239. The minimum absolute atomic E-state index is 0.215. The van der Waals surface area contributed by atoms with Crippen molar-refractivity contribution in [3.8, 4) is 11.5 Å². The zero-order valence-corrected chi connectivity index (χ0v) is 17.9. The number of nitrogens with one attached hydrogen (secondary N) is 2. The average molecular weight is 432 g/mol. The summed E-state index contributed by atoms with van der Waals surface area (Å²) in [5.41, 5.74) is 2.60. The number of benzene rings is 1. The summed E-state index contributed by atoms with van der Waals surface area (Å²) in [6.45, 7) is 7.80. The van der Waals surface area contributed by atoms with Gasteiger partial charge in [0, 0.05) is 36.6 Å². The van der Waals surface area contributed by atoms with Crippen molar-refractivity contribution in [2.75, 3.05) is 19.0 Å². The third-order valence-corrected chi connectivity index (χ3v) is 4.65. The van der Waals surface area contributed by atoms with Crippen molar-refractivity contribution < 1.29 is 9.53 Å². The number of aliphatic imine (C=N–C) groups is 1. The van der Waals surface area contributed by atoms with Gasteiger partial charge in [0.05, 0.1) is 13.7 Å². The number of amides is 1. The Morgan fingerprint density at radius 1 is 1.31 bits per heavy atom. The largest absolute Gasteiger partial charge is 0.481 e. The van der Waals surface area contributed by atoms with Crippen molar-refractivity contribution in [3.05, 3.63) is 78.4 Å². The molecule has 0 atom stereocenters. The van der Waals surface area contributed by atoms with Crippen LogP contribution in [0, 0.1) is 0 Å². The van der Waals surface area contributed by atoms with Crippen LogP contribution >= 0.6 is 0 Å². The molecule has 10 heteroatoms. The topological polar surface area (TPSA) is 119 Å². The molecule has 1 amide bonds. The summed E-state index contributed by atoms with van der Waals surface area (Å²) in [5, 5.41) is 14.5. The lowest BCUT2D eigenvalue weighted by atomic mass is 10.1. The van der Waals surface area contributed by atoms with E-state index in [1.54, 1.807) is 36.5 Å². The van der Waals surface area contributed by atoms with Gasteiger partial charge in [-0.2, -0.15) is 0 Å². The van der Waals surface area contributed by atoms with Gasteiger partial charge in [-0.3, -0.25) is 4.79 Å². The SMILES string of the molecule is C=C/C(CNC(=O)c1cccc(NCc2nnc(-c3ccncn3)n2C)c1)=C(\N=C)OC. The highest BCUT2D eigenvalue weighted by Crippen LogP contribution is 2.16. The Morgan fingerprint density at radius 2 is 2.16 bits per heavy atom. The summed E-state index contributed by atoms with van der Waals surface area (Å²) in [6.07, 6.45) is 4.70. The summed E-state index contributed by atoms with van der Waals surface area (Å²) < 4.78 is 6.98. The van der Waals surface area contributed by atoms with Crippen LogP contribution in [0.3, 0.4) is 0 Å². The molecule has 0 fully saturated rings. The van der Waals surface area contributed by atoms with E-state index in [1.165, 1.54) is 13.4 Å². The molecule has 2 aromatic heterocycles. The predicted molar refractivity (Wildman–Crippen MR) is 122 cm³/mol. The molecule has 0 aliphatic carbocycles. The van der Waals surface area contributed by atoms with E-state index in [9.17, 15) is 4.79 Å². The monoisotopic (exact) mass is 432 g/mol. The number of carbonyl (C=O) groups excluding carboxylic acids is 1. The molecule has 2 N–H and O–H groups in total. The van der Waals surface area contributed by atoms with Crippen molar-refractivity contribution in [1.29, 1.82) is 0 Å². The van der Waals surface area contributed by atoms with Crippen molar-refractivity contribution in [3.63, 3.8) is 0 Å². The molecule has 164 valence electrons. The average Bonchev–Trinajstić information content (AvgIpc) is 3.21. The second-order valence-corrected chi connectivity index (χ2v) is 6.61. The zero-order valence-electron chi connectivity index (χ0n) is 17.9. The third kappa shape index (κ3) is 5.22. The summed E-state index contributed by atoms with van der Waals surface area (Å²) in [4.78, 5) is 24.5. The fourth-order valence-corrected chi connectivity index (χ4v) is 2.92. The van der Waals surface area contributed by atoms with Gasteiger partial charge in [0.1, 0.15) is 12.0 Å². The van der Waals surface area contributed by atoms with Crippen LogP contribution in [0.25, 0.3) is 11.5 Å². The van der Waals surface area contributed by atoms with Gasteiger partial charge < -0.3 is 19.9 Å². The number of hydrogen-bond acceptors (Lipinski definition) is 8. The number of ether oxygens (including phenoxy) is 1. The first-order valence-corrected chi connectivity index (χ1v) is 9.70. The molecule has 0 radical (unpaired) electrons. The molecule has 2 heterocycles. The first kappa shape index (κ1) is 22.3. The van der Waals surface area contributed by atoms with Gasteiger partial charge in [0.2, 0.25) is 5.88 Å². The second-order valence-electron chi connectivity index (χ2n) is 6.61. The Labute approximate surface area is 185 Å². The van der Waals surface area contributed by atoms with Gasteiger partial charge >= 0.3 is 0 Å². The fourth-order valence-electron chi connectivity index (χ4n) is 2.92. The molecule has 10 nitrogen and oxygen atoms in total. The fraction of sp³-hybridized carbons (Fsp3) is 0.182. The summed E-state index contributed by atoms with van der Waals surface area (Å²) >= 11 is 0. The Kier molecular flexibility index (Phi) is 7.42. The quantitative estimate of drug-likeness (QED) is 0.287. The first-order valence-electron chi connectivity index (χ1n) is 9.70. The van der Waals surface area contributed by atoms with Gasteiger partial charge in [-0.15, -0.1) is 10.2 Å². The van der Waals surface area contributed by atoms with Crippen LogP contribution in [-0.2, 0) is 18.3 Å². The van der Waals surface area contributed by atoms with E-state index in [1.807, 2.05) is 17.7 Å². The van der Waals surface area contributed by atoms with Gasteiger partial charge in [0.25, 0.3) is 5.91 Å². The van der Waals surface area contributed by atoms with Gasteiger partial charge in [-0.25, -0.2) is 15.0 Å². The number of rotatable bonds is 10. The molecule has 32 heavy (non-hydrogen) atoms. The molecule has 3 aromatic rings. The molecule has 0 bridgehead atoms. The molecule has 0 saturated carbocycles. The second kappa shape index (κ2) is 10.6. The maximum absolute atomic E-state index is 12.6. The first-order chi connectivity index (χ1) is 15.6. The molecular weight excluding hydrogens is 408 g/mol. The van der Waals surface area contributed by atoms with E-state index in [0.29, 0.717) is 35.1 Å². The summed E-state index contributed by atoms with van der Waals surface area (Å²) in [6, 6.07) is 8.94. The highest BCUT2D eigenvalue weighted by molar-refractivity contribution is 5.95. The number of nitrogens with zero attached hydrogens (tertiary/aromatic N) is 6. The number of carbonyl (C=O) groups is 1. The Hall–Kier alpha value is -4.34. The molecule has 0 saturated heterocycles. The highest BCUT2D eigenvalue weighted by Gasteiger charge is 2.12. The minimum Gasteiger partial charge on any atom is -0.481 e. The van der Waals surface area contributed by atoms with Crippen LogP contribution in [0.2, 0.25) is 0 Å². The zero-order chi connectivity index (χ0) is 22.9. The van der Waals surface area contributed by atoms with E-state index in [2.05, 4.69) is 49.1 Å². The van der Waals surface area contributed by atoms with E-state index in [-0.39, 0.29) is 12.5 Å². The Bertz CT molecular complexity index is 1140. The van der Waals surface area contributed by atoms with Crippen LogP contribution in [0.1, 0.15) is 16.2 Å². The normalized spacial score (nSPS) is 11.3. The lowest BCUT2D eigenvalue weighted by molar-refractivity contribution is 0.0957. The van der Waals surface area contributed by atoms with E-state index < -0.39 is 0 Å². The number of methoxy groups -OCH3 is 1. The molecule has 0 unspecified atom stereocenters. The lowest BCUT2D eigenvalue weighted by Gasteiger charge is -2.11. The third-order valence-electron chi connectivity index (χ3n) is 4.65. The number of anilines is 1. The van der Waals surface area contributed by atoms with Crippen molar-refractivity contribution in [2.24, 2.45) is 12.0 Å². The molecule has 0 aliphatic heterocycles. The van der Waals surface area contributed by atoms with Crippen molar-refractivity contribution in [1.82, 2.24) is 30.0 Å². The summed E-state index contributed by atoms with van der Waals surface area (Å²) in [7, 11) is 3.35. The molecular formula is C22H24N8O2. The Balaban J connectivity index is 1.65. The highest BCUT2D eigenvalue weighted by atomic mass is 16.5. The van der Waals surface area contributed by atoms with Crippen molar-refractivity contribution in [2.45, 2.75) is 6.54 Å². The van der Waals surface area contributed by atoms with Crippen LogP contribution in [0.5, 0.6) is 0 Å². The smallest absolute Gasteiger partial charge is 0.251 e. The van der Waals surface area contributed by atoms with Crippen molar-refractivity contribution >= 4 is 18.3 Å². The van der Waals surface area contributed by atoms with Gasteiger partial charge in [0.15, 0.2) is 11.6 Å². The predicted octanol–water partition coefficient (Wildman–Crippen LogP) is 2.36. The van der Waals surface area contributed by atoms with E-state index >= 15 is 0 Å². The van der Waals surface area contributed by atoms with Crippen LogP contribution in [0.15, 0.2) is 72.0 Å². The Morgan fingerprint density at radius 3 is 2.84 bits per heavy atom. The molecule has 1 aromatic carbocycles. The van der Waals surface area contributed by atoms with Crippen LogP contribution in [0.4, 0.5) is 5.69 Å². The summed E-state index contributed by atoms with van der Waals surface area (Å²) in [5.74, 6) is 1.45. The standard InChI is InChI=1S/C22H24N8O2/c1-5-15(22(23-2)32-4)12-26-21(31)16-7-6-8-17(11-16)25-13-19-28-29-20(30(19)3)18-9-10-24-14-27-18/h5-11,14,25H,1-2,12-13H2,3-4H3,(H,26,31)/b22-15-. The van der Waals surface area contributed by atoms with E-state index in [4.69, 9.17) is 4.74 Å². The molecule has 0 aliphatic rings. The van der Waals surface area contributed by atoms with Gasteiger partial charge in [-0.1, -0.05) is 18.7 Å². The maximum atomic E-state index is 12.6. The van der Waals surface area contributed by atoms with Crippen LogP contribution in [-0.4, -0.2) is 51.0 Å². The van der Waals surface area contributed by atoms with Crippen LogP contribution < -0.4 is 10.6 Å². The molecule has 0 spiro atoms. The van der Waals surface area contributed by atoms with Gasteiger partial charge in [-0.05, 0) is 31.0 Å². The number of aromatic nitrogens is 5. The lowest BCUT2D eigenvalue weighted by Crippen LogP contribution is -2.26. The van der Waals surface area contributed by atoms with E-state index in [0.717, 1.165) is 11.5 Å². The maximum Gasteiger partial charge on any atom is 0.251 e. The number of hydrogen-bond donors (Lipinski definition) is 2.